The highest BCUT2D eigenvalue weighted by Crippen LogP contribution is 2.20. The third kappa shape index (κ3) is 4.49. The van der Waals surface area contributed by atoms with Gasteiger partial charge in [-0.1, -0.05) is 0 Å². The van der Waals surface area contributed by atoms with E-state index in [4.69, 9.17) is 0 Å². The molecule has 0 bridgehead atoms. The van der Waals surface area contributed by atoms with E-state index in [-0.39, 0.29) is 18.4 Å². The number of nitrogens with zero attached hydrogens (tertiary/aromatic N) is 3. The van der Waals surface area contributed by atoms with E-state index in [1.165, 1.54) is 0 Å². The van der Waals surface area contributed by atoms with Gasteiger partial charge in [-0.05, 0) is 39.8 Å². The van der Waals surface area contributed by atoms with Crippen LogP contribution in [0.15, 0.2) is 5.38 Å². The number of carbonyl (C=O) groups is 1. The molecule has 0 aromatic carbocycles. The second kappa shape index (κ2) is 7.33. The SMILES string of the molecule is Cc1nc(CC(=O)N2C[C@@H](CO)CC[C@@H](N(C)C)C2)cs1. The van der Waals surface area contributed by atoms with Gasteiger partial charge in [0.15, 0.2) is 0 Å². The third-order valence-corrected chi connectivity index (χ3v) is 4.98. The fourth-order valence-corrected chi connectivity index (χ4v) is 3.39. The number of aliphatic hydroxyl groups is 1. The van der Waals surface area contributed by atoms with Crippen molar-refractivity contribution < 1.29 is 9.90 Å². The zero-order chi connectivity index (χ0) is 15.4. The van der Waals surface area contributed by atoms with Crippen molar-refractivity contribution in [2.24, 2.45) is 5.92 Å². The molecule has 6 heteroatoms. The lowest BCUT2D eigenvalue weighted by Crippen LogP contribution is -2.43. The lowest BCUT2D eigenvalue weighted by atomic mass is 10.0. The molecule has 2 atom stereocenters. The van der Waals surface area contributed by atoms with Crippen LogP contribution in [0, 0.1) is 12.8 Å². The minimum Gasteiger partial charge on any atom is -0.396 e. The Bertz CT molecular complexity index is 475. The van der Waals surface area contributed by atoms with Gasteiger partial charge in [-0.3, -0.25) is 4.79 Å². The maximum atomic E-state index is 12.5. The molecule has 1 aliphatic rings. The van der Waals surface area contributed by atoms with Gasteiger partial charge in [0.2, 0.25) is 5.91 Å². The molecule has 0 unspecified atom stereocenters. The van der Waals surface area contributed by atoms with E-state index in [1.807, 2.05) is 17.2 Å². The van der Waals surface area contributed by atoms with Crippen molar-refractivity contribution >= 4 is 17.2 Å². The van der Waals surface area contributed by atoms with E-state index in [0.29, 0.717) is 19.0 Å². The second-order valence-corrected chi connectivity index (χ2v) is 7.14. The van der Waals surface area contributed by atoms with Crippen molar-refractivity contribution in [2.75, 3.05) is 33.8 Å². The Morgan fingerprint density at radius 2 is 2.24 bits per heavy atom. The van der Waals surface area contributed by atoms with E-state index >= 15 is 0 Å². The molecule has 1 N–H and O–H groups in total. The highest BCUT2D eigenvalue weighted by molar-refractivity contribution is 7.09. The summed E-state index contributed by atoms with van der Waals surface area (Å²) in [4.78, 5) is 21.0. The summed E-state index contributed by atoms with van der Waals surface area (Å²) >= 11 is 1.58. The molecule has 1 aromatic rings. The minimum absolute atomic E-state index is 0.118. The van der Waals surface area contributed by atoms with Crippen LogP contribution in [-0.2, 0) is 11.2 Å². The molecule has 1 aromatic heterocycles. The average Bonchev–Trinajstić information content (AvgIpc) is 2.73. The Morgan fingerprint density at radius 1 is 1.48 bits per heavy atom. The fraction of sp³-hybridized carbons (Fsp3) is 0.733. The maximum absolute atomic E-state index is 12.5. The Hall–Kier alpha value is -0.980. The number of aromatic nitrogens is 1. The summed E-state index contributed by atoms with van der Waals surface area (Å²) in [5, 5.41) is 12.4. The summed E-state index contributed by atoms with van der Waals surface area (Å²) in [6, 6.07) is 0.364. The van der Waals surface area contributed by atoms with Gasteiger partial charge in [0.25, 0.3) is 0 Å². The van der Waals surface area contributed by atoms with Gasteiger partial charge in [-0.25, -0.2) is 4.98 Å². The first-order chi connectivity index (χ1) is 9.99. The van der Waals surface area contributed by atoms with Gasteiger partial charge in [0.1, 0.15) is 0 Å². The molecule has 0 aliphatic carbocycles. The number of hydrogen-bond acceptors (Lipinski definition) is 5. The van der Waals surface area contributed by atoms with Crippen molar-refractivity contribution in [3.8, 4) is 0 Å². The average molecular weight is 311 g/mol. The molecule has 2 rings (SSSR count). The van der Waals surface area contributed by atoms with Crippen LogP contribution in [0.25, 0.3) is 0 Å². The summed E-state index contributed by atoms with van der Waals surface area (Å²) < 4.78 is 0. The second-order valence-electron chi connectivity index (χ2n) is 6.08. The van der Waals surface area contributed by atoms with E-state index in [9.17, 15) is 9.90 Å². The number of thiazole rings is 1. The first kappa shape index (κ1) is 16.4. The van der Waals surface area contributed by atoms with Gasteiger partial charge in [0.05, 0.1) is 17.1 Å². The van der Waals surface area contributed by atoms with Crippen molar-refractivity contribution in [2.45, 2.75) is 32.2 Å². The highest BCUT2D eigenvalue weighted by Gasteiger charge is 2.28. The molecule has 21 heavy (non-hydrogen) atoms. The van der Waals surface area contributed by atoms with Crippen molar-refractivity contribution in [1.29, 1.82) is 0 Å². The quantitative estimate of drug-likeness (QED) is 0.906. The van der Waals surface area contributed by atoms with E-state index in [1.54, 1.807) is 11.3 Å². The van der Waals surface area contributed by atoms with Crippen LogP contribution in [0.1, 0.15) is 23.5 Å². The predicted molar refractivity (Wildman–Crippen MR) is 84.4 cm³/mol. The minimum atomic E-state index is 0.118. The van der Waals surface area contributed by atoms with Crippen LogP contribution >= 0.6 is 11.3 Å². The van der Waals surface area contributed by atoms with E-state index in [2.05, 4.69) is 24.0 Å². The number of carbonyl (C=O) groups excluding carboxylic acids is 1. The lowest BCUT2D eigenvalue weighted by molar-refractivity contribution is -0.131. The zero-order valence-electron chi connectivity index (χ0n) is 13.1. The third-order valence-electron chi connectivity index (χ3n) is 4.16. The molecule has 2 heterocycles. The maximum Gasteiger partial charge on any atom is 0.228 e. The Labute approximate surface area is 130 Å². The van der Waals surface area contributed by atoms with Crippen LogP contribution in [-0.4, -0.2) is 65.6 Å². The van der Waals surface area contributed by atoms with Gasteiger partial charge < -0.3 is 14.9 Å². The Kier molecular flexibility index (Phi) is 5.72. The van der Waals surface area contributed by atoms with Crippen LogP contribution in [0.5, 0.6) is 0 Å². The van der Waals surface area contributed by atoms with Gasteiger partial charge >= 0.3 is 0 Å². The number of likely N-dealkylation sites (tertiary alicyclic amines) is 1. The molecule has 5 nitrogen and oxygen atoms in total. The summed E-state index contributed by atoms with van der Waals surface area (Å²) in [6.45, 7) is 3.50. The highest BCUT2D eigenvalue weighted by atomic mass is 32.1. The Morgan fingerprint density at radius 3 is 2.81 bits per heavy atom. The van der Waals surface area contributed by atoms with Crippen LogP contribution in [0.2, 0.25) is 0 Å². The van der Waals surface area contributed by atoms with Gasteiger partial charge in [0, 0.05) is 31.1 Å². The monoisotopic (exact) mass is 311 g/mol. The molecule has 1 amide bonds. The molecule has 1 aliphatic heterocycles. The smallest absolute Gasteiger partial charge is 0.228 e. The van der Waals surface area contributed by atoms with Crippen molar-refractivity contribution in [3.63, 3.8) is 0 Å². The molecule has 0 spiro atoms. The molecule has 0 saturated carbocycles. The van der Waals surface area contributed by atoms with E-state index in [0.717, 1.165) is 30.1 Å². The van der Waals surface area contributed by atoms with E-state index < -0.39 is 0 Å². The predicted octanol–water partition coefficient (Wildman–Crippen LogP) is 1.16. The molecule has 118 valence electrons. The first-order valence-electron chi connectivity index (χ1n) is 7.45. The molecule has 0 radical (unpaired) electrons. The normalized spacial score (nSPS) is 23.4. The molecular weight excluding hydrogens is 286 g/mol. The topological polar surface area (TPSA) is 56.7 Å². The van der Waals surface area contributed by atoms with Gasteiger partial charge in [-0.2, -0.15) is 0 Å². The summed E-state index contributed by atoms with van der Waals surface area (Å²) in [6.07, 6.45) is 2.36. The summed E-state index contributed by atoms with van der Waals surface area (Å²) in [5.41, 5.74) is 0.855. The first-order valence-corrected chi connectivity index (χ1v) is 8.33. The summed E-state index contributed by atoms with van der Waals surface area (Å²) in [5.74, 6) is 0.309. The number of amides is 1. The Balaban J connectivity index is 2.04. The van der Waals surface area contributed by atoms with Crippen LogP contribution in [0.3, 0.4) is 0 Å². The number of rotatable bonds is 4. The largest absolute Gasteiger partial charge is 0.396 e. The number of aryl methyl sites for hydroxylation is 1. The molecule has 1 saturated heterocycles. The fourth-order valence-electron chi connectivity index (χ4n) is 2.78. The summed E-state index contributed by atoms with van der Waals surface area (Å²) in [7, 11) is 4.10. The van der Waals surface area contributed by atoms with Gasteiger partial charge in [-0.15, -0.1) is 11.3 Å². The number of aliphatic hydroxyl groups excluding tert-OH is 1. The number of hydrogen-bond donors (Lipinski definition) is 1. The molecule has 1 fully saturated rings. The zero-order valence-corrected chi connectivity index (χ0v) is 13.9. The van der Waals surface area contributed by atoms with Crippen molar-refractivity contribution in [3.05, 3.63) is 16.1 Å². The number of likely N-dealkylation sites (N-methyl/N-ethyl adjacent to an activating group) is 1. The van der Waals surface area contributed by atoms with Crippen molar-refractivity contribution in [1.82, 2.24) is 14.8 Å². The lowest BCUT2D eigenvalue weighted by Gasteiger charge is -2.29. The van der Waals surface area contributed by atoms with Crippen LogP contribution in [0.4, 0.5) is 0 Å². The van der Waals surface area contributed by atoms with Crippen LogP contribution < -0.4 is 0 Å². The molecular formula is C15H25N3O2S. The standard InChI is InChI=1S/C15H25N3O2S/c1-11-16-13(10-21-11)6-15(20)18-7-12(9-19)4-5-14(8-18)17(2)3/h10,12,14,19H,4-9H2,1-3H3/t12-,14+/m0/s1.